The first-order valence-corrected chi connectivity index (χ1v) is 14.0. The molecule has 0 spiro atoms. The van der Waals surface area contributed by atoms with Crippen LogP contribution in [-0.2, 0) is 0 Å². The standard InChI is InChI=1S/C31H32ClN5S/c1-21-16-22(2)19-36(18-21)28-12-11-25(17-26(28)32)37-30(29(34-31(37)38)27-10-6-7-14-33-27)23-13-15-35(20-23)24-8-4-3-5-9-24/h3-15,17,20-22,29-30H,16,18-19H2,1-2H3,(H,34,38)/t21-,22+,29-,30+/m1/s1. The van der Waals surface area contributed by atoms with Gasteiger partial charge in [-0.25, -0.2) is 0 Å². The lowest BCUT2D eigenvalue weighted by atomic mass is 9.91. The average Bonchev–Trinajstić information content (AvgIpc) is 3.54. The molecular weight excluding hydrogens is 510 g/mol. The monoisotopic (exact) mass is 541 g/mol. The zero-order chi connectivity index (χ0) is 26.2. The molecule has 4 heterocycles. The summed E-state index contributed by atoms with van der Waals surface area (Å²) in [6, 6.07) is 24.7. The Morgan fingerprint density at radius 1 is 0.921 bits per heavy atom. The van der Waals surface area contributed by atoms with Crippen molar-refractivity contribution in [3.05, 3.63) is 108 Å². The largest absolute Gasteiger partial charge is 0.370 e. The van der Waals surface area contributed by atoms with Gasteiger partial charge in [0.15, 0.2) is 5.11 Å². The molecule has 2 aromatic carbocycles. The molecule has 0 amide bonds. The molecule has 4 aromatic rings. The normalized spacial score (nSPS) is 23.5. The molecule has 5 nitrogen and oxygen atoms in total. The van der Waals surface area contributed by atoms with Gasteiger partial charge in [-0.15, -0.1) is 0 Å². The molecule has 38 heavy (non-hydrogen) atoms. The van der Waals surface area contributed by atoms with Gasteiger partial charge in [0, 0.05) is 43.1 Å². The van der Waals surface area contributed by atoms with E-state index in [2.05, 4.69) is 106 Å². The van der Waals surface area contributed by atoms with Crippen LogP contribution in [0.15, 0.2) is 91.4 Å². The van der Waals surface area contributed by atoms with Crippen molar-refractivity contribution in [1.29, 1.82) is 0 Å². The second-order valence-corrected chi connectivity index (χ2v) is 11.5. The summed E-state index contributed by atoms with van der Waals surface area (Å²) in [5, 5.41) is 4.98. The van der Waals surface area contributed by atoms with Gasteiger partial charge >= 0.3 is 0 Å². The average molecular weight is 542 g/mol. The maximum absolute atomic E-state index is 6.97. The number of rotatable bonds is 5. The fourth-order valence-electron chi connectivity index (χ4n) is 6.08. The summed E-state index contributed by atoms with van der Waals surface area (Å²) in [6.07, 6.45) is 7.39. The Balaban J connectivity index is 1.38. The van der Waals surface area contributed by atoms with Gasteiger partial charge in [0.1, 0.15) is 0 Å². The molecule has 0 unspecified atom stereocenters. The Bertz CT molecular complexity index is 1410. The van der Waals surface area contributed by atoms with Crippen molar-refractivity contribution in [2.45, 2.75) is 32.4 Å². The third kappa shape index (κ3) is 4.79. The lowest BCUT2D eigenvalue weighted by Crippen LogP contribution is -2.38. The Morgan fingerprint density at radius 2 is 1.68 bits per heavy atom. The number of thiocarbonyl (C=S) groups is 1. The number of piperidine rings is 1. The minimum atomic E-state index is -0.0995. The number of aromatic nitrogens is 2. The summed E-state index contributed by atoms with van der Waals surface area (Å²) in [6.45, 7) is 6.71. The van der Waals surface area contributed by atoms with E-state index in [1.54, 1.807) is 0 Å². The molecule has 1 N–H and O–H groups in total. The molecule has 2 aromatic heterocycles. The number of pyridine rings is 1. The van der Waals surface area contributed by atoms with Crippen LogP contribution in [0.2, 0.25) is 5.02 Å². The van der Waals surface area contributed by atoms with E-state index >= 15 is 0 Å². The molecule has 0 bridgehead atoms. The second kappa shape index (κ2) is 10.4. The van der Waals surface area contributed by atoms with Crippen LogP contribution in [0.1, 0.15) is 43.6 Å². The van der Waals surface area contributed by atoms with E-state index in [9.17, 15) is 0 Å². The van der Waals surface area contributed by atoms with Gasteiger partial charge in [-0.05, 0) is 84.6 Å². The van der Waals surface area contributed by atoms with Gasteiger partial charge in [0.05, 0.1) is 28.5 Å². The maximum atomic E-state index is 6.97. The highest BCUT2D eigenvalue weighted by Gasteiger charge is 2.41. The van der Waals surface area contributed by atoms with E-state index in [4.69, 9.17) is 23.8 Å². The minimum Gasteiger partial charge on any atom is -0.370 e. The molecule has 0 saturated carbocycles. The number of nitrogens with one attached hydrogen (secondary N) is 1. The van der Waals surface area contributed by atoms with Crippen LogP contribution in [0.4, 0.5) is 11.4 Å². The zero-order valence-electron chi connectivity index (χ0n) is 21.7. The topological polar surface area (TPSA) is 36.3 Å². The molecule has 4 atom stereocenters. The first kappa shape index (κ1) is 25.0. The van der Waals surface area contributed by atoms with Gasteiger partial charge in [-0.1, -0.05) is 49.7 Å². The predicted molar refractivity (Wildman–Crippen MR) is 160 cm³/mol. The van der Waals surface area contributed by atoms with E-state index in [-0.39, 0.29) is 12.1 Å². The molecule has 0 aliphatic carbocycles. The smallest absolute Gasteiger partial charge is 0.174 e. The molecule has 2 aliphatic rings. The van der Waals surface area contributed by atoms with Crippen LogP contribution in [0, 0.1) is 11.8 Å². The van der Waals surface area contributed by atoms with Gasteiger partial charge in [-0.3, -0.25) is 4.98 Å². The summed E-state index contributed by atoms with van der Waals surface area (Å²) in [7, 11) is 0. The number of para-hydroxylation sites is 1. The Labute approximate surface area is 235 Å². The fraction of sp³-hybridized carbons (Fsp3) is 0.290. The minimum absolute atomic E-state index is 0.0840. The van der Waals surface area contributed by atoms with Gasteiger partial charge in [0.2, 0.25) is 0 Å². The molecule has 194 valence electrons. The van der Waals surface area contributed by atoms with Crippen molar-refractivity contribution >= 4 is 40.3 Å². The molecule has 2 fully saturated rings. The highest BCUT2D eigenvalue weighted by atomic mass is 35.5. The van der Waals surface area contributed by atoms with Crippen molar-refractivity contribution in [3.8, 4) is 5.69 Å². The van der Waals surface area contributed by atoms with Crippen molar-refractivity contribution in [2.24, 2.45) is 11.8 Å². The molecule has 7 heteroatoms. The number of anilines is 2. The van der Waals surface area contributed by atoms with Crippen LogP contribution in [0.5, 0.6) is 0 Å². The first-order valence-electron chi connectivity index (χ1n) is 13.3. The SMILES string of the molecule is C[C@@H]1C[C@H](C)CN(c2ccc(N3C(=S)N[C@H](c4ccccn4)[C@@H]3c3ccn(-c4ccccc4)c3)cc2Cl)C1. The quantitative estimate of drug-likeness (QED) is 0.271. The van der Waals surface area contributed by atoms with E-state index in [0.29, 0.717) is 16.9 Å². The summed E-state index contributed by atoms with van der Waals surface area (Å²) in [4.78, 5) is 9.30. The first-order chi connectivity index (χ1) is 18.5. The van der Waals surface area contributed by atoms with Crippen LogP contribution in [0.25, 0.3) is 5.69 Å². The molecule has 2 aliphatic heterocycles. The number of halogens is 1. The summed E-state index contributed by atoms with van der Waals surface area (Å²) < 4.78 is 2.15. The lowest BCUT2D eigenvalue weighted by Gasteiger charge is -2.37. The summed E-state index contributed by atoms with van der Waals surface area (Å²) in [5.41, 5.74) is 5.29. The number of nitrogens with zero attached hydrogens (tertiary/aromatic N) is 4. The van der Waals surface area contributed by atoms with Gasteiger partial charge in [0.25, 0.3) is 0 Å². The summed E-state index contributed by atoms with van der Waals surface area (Å²) in [5.74, 6) is 1.31. The molecule has 6 rings (SSSR count). The predicted octanol–water partition coefficient (Wildman–Crippen LogP) is 7.19. The van der Waals surface area contributed by atoms with Crippen molar-refractivity contribution in [1.82, 2.24) is 14.9 Å². The van der Waals surface area contributed by atoms with Gasteiger partial charge < -0.3 is 19.7 Å². The van der Waals surface area contributed by atoms with E-state index in [1.807, 2.05) is 24.4 Å². The Hall–Kier alpha value is -3.35. The fourth-order valence-corrected chi connectivity index (χ4v) is 6.72. The van der Waals surface area contributed by atoms with Crippen LogP contribution >= 0.6 is 23.8 Å². The van der Waals surface area contributed by atoms with E-state index < -0.39 is 0 Å². The highest BCUT2D eigenvalue weighted by Crippen LogP contribution is 2.43. The van der Waals surface area contributed by atoms with E-state index in [1.165, 1.54) is 6.42 Å². The maximum Gasteiger partial charge on any atom is 0.174 e. The molecular formula is C31H32ClN5S. The van der Waals surface area contributed by atoms with Crippen LogP contribution in [-0.4, -0.2) is 27.8 Å². The van der Waals surface area contributed by atoms with Crippen molar-refractivity contribution in [3.63, 3.8) is 0 Å². The molecule has 0 radical (unpaired) electrons. The zero-order valence-corrected chi connectivity index (χ0v) is 23.2. The number of benzene rings is 2. The third-order valence-corrected chi connectivity index (χ3v) is 8.25. The van der Waals surface area contributed by atoms with Crippen molar-refractivity contribution < 1.29 is 0 Å². The van der Waals surface area contributed by atoms with Crippen LogP contribution < -0.4 is 15.1 Å². The number of hydrogen-bond donors (Lipinski definition) is 1. The Morgan fingerprint density at radius 3 is 2.39 bits per heavy atom. The lowest BCUT2D eigenvalue weighted by molar-refractivity contribution is 0.357. The Kier molecular flexibility index (Phi) is 6.85. The van der Waals surface area contributed by atoms with Gasteiger partial charge in [-0.2, -0.15) is 0 Å². The highest BCUT2D eigenvalue weighted by molar-refractivity contribution is 7.80. The second-order valence-electron chi connectivity index (χ2n) is 10.7. The summed E-state index contributed by atoms with van der Waals surface area (Å²) >= 11 is 12.9. The third-order valence-electron chi connectivity index (χ3n) is 7.63. The molecule has 2 saturated heterocycles. The number of hydrogen-bond acceptors (Lipinski definition) is 3. The van der Waals surface area contributed by atoms with Crippen molar-refractivity contribution in [2.75, 3.05) is 22.9 Å². The van der Waals surface area contributed by atoms with E-state index in [0.717, 1.165) is 46.4 Å². The van der Waals surface area contributed by atoms with Crippen LogP contribution in [0.3, 0.4) is 0 Å².